The summed E-state index contributed by atoms with van der Waals surface area (Å²) < 4.78 is 0.541. The lowest BCUT2D eigenvalue weighted by atomic mass is 10.1. The second-order valence-electron chi connectivity index (χ2n) is 3.04. The predicted octanol–water partition coefficient (Wildman–Crippen LogP) is 1.61. The first-order valence-electron chi connectivity index (χ1n) is 4.32. The van der Waals surface area contributed by atoms with Gasteiger partial charge in [-0.15, -0.1) is 0 Å². The zero-order valence-electron chi connectivity index (χ0n) is 8.11. The second kappa shape index (κ2) is 5.20. The van der Waals surface area contributed by atoms with Gasteiger partial charge >= 0.3 is 0 Å². The fourth-order valence-corrected chi connectivity index (χ4v) is 1.83. The lowest BCUT2D eigenvalue weighted by Gasteiger charge is -2.11. The van der Waals surface area contributed by atoms with E-state index < -0.39 is 11.0 Å². The zero-order valence-corrected chi connectivity index (χ0v) is 9.69. The zero-order chi connectivity index (χ0) is 11.4. The molecule has 2 N–H and O–H groups in total. The molecule has 1 rings (SSSR count). The van der Waals surface area contributed by atoms with Gasteiger partial charge in [0.15, 0.2) is 0 Å². The molecule has 0 aliphatic rings. The summed E-state index contributed by atoms with van der Waals surface area (Å²) in [6.45, 7) is 0.399. The quantitative estimate of drug-likeness (QED) is 0.646. The molecule has 0 fully saturated rings. The van der Waals surface area contributed by atoms with Crippen molar-refractivity contribution >= 4 is 21.6 Å². The molecule has 6 heteroatoms. The molecule has 0 aliphatic carbocycles. The summed E-state index contributed by atoms with van der Waals surface area (Å²) in [5, 5.41) is 23.0. The van der Waals surface area contributed by atoms with E-state index in [2.05, 4.69) is 21.2 Å². The van der Waals surface area contributed by atoms with E-state index in [9.17, 15) is 15.2 Å². The van der Waals surface area contributed by atoms with Crippen molar-refractivity contribution in [2.24, 2.45) is 0 Å². The van der Waals surface area contributed by atoms with Crippen molar-refractivity contribution < 1.29 is 10.0 Å². The third-order valence-corrected chi connectivity index (χ3v) is 2.64. The van der Waals surface area contributed by atoms with Crippen LogP contribution in [0.2, 0.25) is 0 Å². The Labute approximate surface area is 95.4 Å². The lowest BCUT2D eigenvalue weighted by molar-refractivity contribution is -0.385. The first kappa shape index (κ1) is 12.1. The van der Waals surface area contributed by atoms with Crippen LogP contribution in [0.4, 0.5) is 5.69 Å². The Hall–Kier alpha value is -0.980. The molecule has 0 aromatic heterocycles. The number of benzene rings is 1. The van der Waals surface area contributed by atoms with Crippen LogP contribution in [0.3, 0.4) is 0 Å². The average molecular weight is 275 g/mol. The number of non-ortho nitro benzene ring substituents is 1. The summed E-state index contributed by atoms with van der Waals surface area (Å²) in [5.41, 5.74) is 0.636. The van der Waals surface area contributed by atoms with Crippen LogP contribution in [-0.2, 0) is 0 Å². The number of nitrogens with zero attached hydrogens (tertiary/aromatic N) is 1. The molecule has 1 unspecified atom stereocenters. The molecule has 0 amide bonds. The van der Waals surface area contributed by atoms with E-state index >= 15 is 0 Å². The number of hydrogen-bond acceptors (Lipinski definition) is 4. The van der Waals surface area contributed by atoms with Gasteiger partial charge in [0.2, 0.25) is 0 Å². The maximum absolute atomic E-state index is 10.5. The van der Waals surface area contributed by atoms with Gasteiger partial charge in [-0.3, -0.25) is 10.1 Å². The van der Waals surface area contributed by atoms with Crippen molar-refractivity contribution in [3.8, 4) is 0 Å². The lowest BCUT2D eigenvalue weighted by Crippen LogP contribution is -2.17. The molecular weight excluding hydrogens is 264 g/mol. The fraction of sp³-hybridized carbons (Fsp3) is 0.333. The third-order valence-electron chi connectivity index (χ3n) is 1.95. The number of rotatable bonds is 4. The predicted molar refractivity (Wildman–Crippen MR) is 59.7 cm³/mol. The summed E-state index contributed by atoms with van der Waals surface area (Å²) in [4.78, 5) is 10.00. The van der Waals surface area contributed by atoms with Crippen molar-refractivity contribution in [1.82, 2.24) is 5.32 Å². The van der Waals surface area contributed by atoms with E-state index in [1.807, 2.05) is 0 Å². The molecule has 1 atom stereocenters. The van der Waals surface area contributed by atoms with Crippen molar-refractivity contribution in [3.05, 3.63) is 38.3 Å². The molecule has 0 saturated heterocycles. The fourth-order valence-electron chi connectivity index (χ4n) is 1.20. The summed E-state index contributed by atoms with van der Waals surface area (Å²) in [5.74, 6) is 0. The Bertz CT molecular complexity index is 370. The summed E-state index contributed by atoms with van der Waals surface area (Å²) in [6.07, 6.45) is -0.676. The smallest absolute Gasteiger partial charge is 0.270 e. The average Bonchev–Trinajstić information content (AvgIpc) is 2.17. The first-order valence-corrected chi connectivity index (χ1v) is 5.12. The van der Waals surface area contributed by atoms with E-state index in [1.165, 1.54) is 12.1 Å². The van der Waals surface area contributed by atoms with E-state index in [0.717, 1.165) is 0 Å². The number of nitro groups is 1. The van der Waals surface area contributed by atoms with Crippen molar-refractivity contribution in [3.63, 3.8) is 0 Å². The van der Waals surface area contributed by atoms with Crippen LogP contribution in [0.15, 0.2) is 22.7 Å². The van der Waals surface area contributed by atoms with Gasteiger partial charge in [-0.1, -0.05) is 15.9 Å². The van der Waals surface area contributed by atoms with Crippen LogP contribution in [0.1, 0.15) is 11.7 Å². The molecule has 0 spiro atoms. The maximum atomic E-state index is 10.5. The van der Waals surface area contributed by atoms with Crippen LogP contribution in [0.25, 0.3) is 0 Å². The van der Waals surface area contributed by atoms with Crippen LogP contribution in [0, 0.1) is 10.1 Å². The number of hydrogen-bond donors (Lipinski definition) is 2. The minimum absolute atomic E-state index is 0.00211. The largest absolute Gasteiger partial charge is 0.387 e. The van der Waals surface area contributed by atoms with Gasteiger partial charge in [-0.2, -0.15) is 0 Å². The Kier molecular flexibility index (Phi) is 4.19. The number of nitrogens with one attached hydrogen (secondary N) is 1. The molecule has 1 aromatic carbocycles. The van der Waals surface area contributed by atoms with Gasteiger partial charge < -0.3 is 10.4 Å². The molecule has 0 radical (unpaired) electrons. The molecule has 0 saturated carbocycles. The van der Waals surface area contributed by atoms with E-state index in [4.69, 9.17) is 0 Å². The minimum atomic E-state index is -0.676. The minimum Gasteiger partial charge on any atom is -0.387 e. The van der Waals surface area contributed by atoms with Crippen LogP contribution in [-0.4, -0.2) is 23.6 Å². The molecule has 82 valence electrons. The van der Waals surface area contributed by atoms with Gasteiger partial charge in [0.25, 0.3) is 5.69 Å². The van der Waals surface area contributed by atoms with Crippen LogP contribution >= 0.6 is 15.9 Å². The summed E-state index contributed by atoms with van der Waals surface area (Å²) in [7, 11) is 1.72. The first-order chi connectivity index (χ1) is 7.06. The van der Waals surface area contributed by atoms with Gasteiger partial charge in [0.05, 0.1) is 11.0 Å². The third kappa shape index (κ3) is 2.98. The number of halogens is 1. The number of likely N-dealkylation sites (N-methyl/N-ethyl adjacent to an activating group) is 1. The van der Waals surface area contributed by atoms with E-state index in [1.54, 1.807) is 13.1 Å². The maximum Gasteiger partial charge on any atom is 0.270 e. The highest BCUT2D eigenvalue weighted by Crippen LogP contribution is 2.27. The molecule has 0 heterocycles. The standard InChI is InChI=1S/C9H11BrN2O3/c1-11-5-9(13)7-3-2-6(12(14)15)4-8(7)10/h2-4,9,11,13H,5H2,1H3. The normalized spacial score (nSPS) is 12.5. The highest BCUT2D eigenvalue weighted by Gasteiger charge is 2.14. The number of aliphatic hydroxyl groups is 1. The van der Waals surface area contributed by atoms with Gasteiger partial charge in [0.1, 0.15) is 0 Å². The van der Waals surface area contributed by atoms with E-state index in [0.29, 0.717) is 16.6 Å². The van der Waals surface area contributed by atoms with Gasteiger partial charge in [0, 0.05) is 23.2 Å². The summed E-state index contributed by atoms with van der Waals surface area (Å²) >= 11 is 3.19. The Morgan fingerprint density at radius 3 is 2.80 bits per heavy atom. The topological polar surface area (TPSA) is 75.4 Å². The molecule has 15 heavy (non-hydrogen) atoms. The van der Waals surface area contributed by atoms with Crippen molar-refractivity contribution in [2.45, 2.75) is 6.10 Å². The Morgan fingerprint density at radius 1 is 1.67 bits per heavy atom. The molecule has 1 aromatic rings. The highest BCUT2D eigenvalue weighted by atomic mass is 79.9. The SMILES string of the molecule is CNCC(O)c1ccc([N+](=O)[O-])cc1Br. The monoisotopic (exact) mass is 274 g/mol. The Morgan fingerprint density at radius 2 is 2.33 bits per heavy atom. The number of nitro benzene ring substituents is 1. The van der Waals surface area contributed by atoms with Crippen LogP contribution < -0.4 is 5.32 Å². The second-order valence-corrected chi connectivity index (χ2v) is 3.89. The van der Waals surface area contributed by atoms with Crippen LogP contribution in [0.5, 0.6) is 0 Å². The summed E-state index contributed by atoms with van der Waals surface area (Å²) in [6, 6.07) is 4.30. The van der Waals surface area contributed by atoms with Gasteiger partial charge in [-0.25, -0.2) is 0 Å². The van der Waals surface area contributed by atoms with Crippen molar-refractivity contribution in [2.75, 3.05) is 13.6 Å². The molecule has 0 bridgehead atoms. The molecular formula is C9H11BrN2O3. The van der Waals surface area contributed by atoms with Crippen molar-refractivity contribution in [1.29, 1.82) is 0 Å². The molecule has 5 nitrogen and oxygen atoms in total. The molecule has 0 aliphatic heterocycles. The number of aliphatic hydroxyl groups excluding tert-OH is 1. The van der Waals surface area contributed by atoms with Gasteiger partial charge in [-0.05, 0) is 18.7 Å². The highest BCUT2D eigenvalue weighted by molar-refractivity contribution is 9.10. The Balaban J connectivity index is 2.97. The van der Waals surface area contributed by atoms with E-state index in [-0.39, 0.29) is 5.69 Å².